The molecule has 18 heavy (non-hydrogen) atoms. The summed E-state index contributed by atoms with van der Waals surface area (Å²) in [5.74, 6) is 1.07. The average molecular weight is 255 g/mol. The third kappa shape index (κ3) is 4.31. The number of nitrogens with one attached hydrogen (secondary N) is 1. The van der Waals surface area contributed by atoms with Crippen LogP contribution in [-0.4, -0.2) is 36.6 Å². The average Bonchev–Trinajstić information content (AvgIpc) is 2.61. The molecule has 1 rings (SSSR count). The van der Waals surface area contributed by atoms with E-state index in [2.05, 4.69) is 17.3 Å². The minimum atomic E-state index is 0.607. The van der Waals surface area contributed by atoms with Crippen LogP contribution < -0.4 is 5.32 Å². The van der Waals surface area contributed by atoms with Crippen molar-refractivity contribution in [3.05, 3.63) is 11.3 Å². The van der Waals surface area contributed by atoms with Gasteiger partial charge in [0.05, 0.1) is 12.3 Å². The van der Waals surface area contributed by atoms with Gasteiger partial charge in [0, 0.05) is 39.5 Å². The summed E-state index contributed by atoms with van der Waals surface area (Å²) in [5.41, 5.74) is 2.19. The molecule has 0 aliphatic rings. The molecule has 0 atom stereocenters. The molecule has 0 saturated carbocycles. The van der Waals surface area contributed by atoms with Crippen LogP contribution >= 0.6 is 0 Å². The first-order chi connectivity index (χ1) is 8.70. The zero-order chi connectivity index (χ0) is 13.4. The summed E-state index contributed by atoms with van der Waals surface area (Å²) in [6.07, 6.45) is 2.02. The molecule has 5 nitrogen and oxygen atoms in total. The van der Waals surface area contributed by atoms with Crippen LogP contribution in [-0.2, 0) is 23.1 Å². The molecular formula is C13H25N3O2. The van der Waals surface area contributed by atoms with E-state index in [0.717, 1.165) is 49.7 Å². The van der Waals surface area contributed by atoms with Gasteiger partial charge in [0.25, 0.3) is 0 Å². The second-order valence-electron chi connectivity index (χ2n) is 4.36. The first-order valence-electron chi connectivity index (χ1n) is 6.53. The van der Waals surface area contributed by atoms with Gasteiger partial charge in [-0.25, -0.2) is 0 Å². The highest BCUT2D eigenvalue weighted by Crippen LogP contribution is 2.19. The largest absolute Gasteiger partial charge is 0.385 e. The molecule has 0 aliphatic carbocycles. The summed E-state index contributed by atoms with van der Waals surface area (Å²) in [5, 5.41) is 7.83. The molecule has 0 amide bonds. The number of aryl methyl sites for hydroxylation is 2. The van der Waals surface area contributed by atoms with E-state index >= 15 is 0 Å². The summed E-state index contributed by atoms with van der Waals surface area (Å²) in [4.78, 5) is 0. The van der Waals surface area contributed by atoms with E-state index in [1.165, 1.54) is 0 Å². The van der Waals surface area contributed by atoms with Gasteiger partial charge in [-0.05, 0) is 19.8 Å². The summed E-state index contributed by atoms with van der Waals surface area (Å²) >= 11 is 0. The maximum absolute atomic E-state index is 5.66. The van der Waals surface area contributed by atoms with Crippen LogP contribution in [0.4, 0.5) is 5.82 Å². The van der Waals surface area contributed by atoms with Gasteiger partial charge in [-0.2, -0.15) is 5.10 Å². The van der Waals surface area contributed by atoms with Crippen molar-refractivity contribution in [3.63, 3.8) is 0 Å². The van der Waals surface area contributed by atoms with Gasteiger partial charge in [-0.3, -0.25) is 4.68 Å². The Balaban J connectivity index is 2.51. The Labute approximate surface area is 109 Å². The fourth-order valence-electron chi connectivity index (χ4n) is 1.82. The van der Waals surface area contributed by atoms with Crippen LogP contribution in [0.1, 0.15) is 31.0 Å². The molecule has 5 heteroatoms. The van der Waals surface area contributed by atoms with E-state index in [9.17, 15) is 0 Å². The highest BCUT2D eigenvalue weighted by Gasteiger charge is 2.12. The summed E-state index contributed by atoms with van der Waals surface area (Å²) < 4.78 is 12.5. The Morgan fingerprint density at radius 2 is 2.11 bits per heavy atom. The maximum Gasteiger partial charge on any atom is 0.129 e. The van der Waals surface area contributed by atoms with Crippen molar-refractivity contribution < 1.29 is 9.47 Å². The highest BCUT2D eigenvalue weighted by atomic mass is 16.5. The summed E-state index contributed by atoms with van der Waals surface area (Å²) in [6.45, 7) is 7.19. The van der Waals surface area contributed by atoms with Crippen LogP contribution in [0.25, 0.3) is 0 Å². The van der Waals surface area contributed by atoms with E-state index in [4.69, 9.17) is 9.47 Å². The molecule has 0 spiro atoms. The predicted molar refractivity (Wildman–Crippen MR) is 72.9 cm³/mol. The van der Waals surface area contributed by atoms with Gasteiger partial charge in [0.2, 0.25) is 0 Å². The molecule has 0 radical (unpaired) electrons. The Kier molecular flexibility index (Phi) is 6.75. The monoisotopic (exact) mass is 255 g/mol. The maximum atomic E-state index is 5.66. The number of ether oxygens (including phenoxy) is 2. The first kappa shape index (κ1) is 15.0. The quantitative estimate of drug-likeness (QED) is 0.687. The van der Waals surface area contributed by atoms with Gasteiger partial charge in [0.1, 0.15) is 5.82 Å². The second kappa shape index (κ2) is 8.11. The summed E-state index contributed by atoms with van der Waals surface area (Å²) in [6, 6.07) is 0. The van der Waals surface area contributed by atoms with Gasteiger partial charge in [-0.1, -0.05) is 6.92 Å². The molecule has 1 heterocycles. The fourth-order valence-corrected chi connectivity index (χ4v) is 1.82. The van der Waals surface area contributed by atoms with Crippen molar-refractivity contribution in [1.29, 1.82) is 0 Å². The van der Waals surface area contributed by atoms with Crippen molar-refractivity contribution in [2.75, 3.05) is 32.2 Å². The van der Waals surface area contributed by atoms with E-state index < -0.39 is 0 Å². The molecule has 1 aromatic rings. The van der Waals surface area contributed by atoms with E-state index in [-0.39, 0.29) is 0 Å². The SMILES string of the molecule is CCCNc1c(COCCCOC)c(C)nn1C. The van der Waals surface area contributed by atoms with Crippen LogP contribution in [0.15, 0.2) is 0 Å². The van der Waals surface area contributed by atoms with Gasteiger partial charge < -0.3 is 14.8 Å². The van der Waals surface area contributed by atoms with E-state index in [0.29, 0.717) is 6.61 Å². The fraction of sp³-hybridized carbons (Fsp3) is 0.769. The van der Waals surface area contributed by atoms with Crippen molar-refractivity contribution in [2.45, 2.75) is 33.3 Å². The standard InChI is InChI=1S/C13H25N3O2/c1-5-7-14-13-12(11(2)15-16(13)3)10-18-9-6-8-17-4/h14H,5-10H2,1-4H3. The number of anilines is 1. The van der Waals surface area contributed by atoms with Crippen molar-refractivity contribution in [3.8, 4) is 0 Å². The second-order valence-corrected chi connectivity index (χ2v) is 4.36. The minimum absolute atomic E-state index is 0.607. The lowest BCUT2D eigenvalue weighted by atomic mass is 10.2. The van der Waals surface area contributed by atoms with Gasteiger partial charge >= 0.3 is 0 Å². The Morgan fingerprint density at radius 1 is 1.33 bits per heavy atom. The minimum Gasteiger partial charge on any atom is -0.385 e. The molecule has 1 N–H and O–H groups in total. The third-order valence-corrected chi connectivity index (χ3v) is 2.77. The number of methoxy groups -OCH3 is 1. The Morgan fingerprint density at radius 3 is 2.78 bits per heavy atom. The third-order valence-electron chi connectivity index (χ3n) is 2.77. The molecule has 0 fully saturated rings. The number of hydrogen-bond donors (Lipinski definition) is 1. The number of nitrogens with zero attached hydrogens (tertiary/aromatic N) is 2. The highest BCUT2D eigenvalue weighted by molar-refractivity contribution is 5.47. The molecule has 0 aromatic carbocycles. The number of rotatable bonds is 9. The number of hydrogen-bond acceptors (Lipinski definition) is 4. The van der Waals surface area contributed by atoms with Crippen LogP contribution in [0, 0.1) is 6.92 Å². The molecule has 0 bridgehead atoms. The van der Waals surface area contributed by atoms with Gasteiger partial charge in [0.15, 0.2) is 0 Å². The number of aromatic nitrogens is 2. The lowest BCUT2D eigenvalue weighted by Crippen LogP contribution is -2.08. The summed E-state index contributed by atoms with van der Waals surface area (Å²) in [7, 11) is 3.66. The predicted octanol–water partition coefficient (Wildman–Crippen LogP) is 2.10. The van der Waals surface area contributed by atoms with Crippen molar-refractivity contribution >= 4 is 5.82 Å². The Hall–Kier alpha value is -1.07. The molecule has 0 saturated heterocycles. The van der Waals surface area contributed by atoms with Gasteiger partial charge in [-0.15, -0.1) is 0 Å². The Bertz CT molecular complexity index is 350. The molecule has 0 aliphatic heterocycles. The van der Waals surface area contributed by atoms with Crippen molar-refractivity contribution in [2.24, 2.45) is 7.05 Å². The smallest absolute Gasteiger partial charge is 0.129 e. The van der Waals surface area contributed by atoms with E-state index in [1.807, 2.05) is 18.7 Å². The van der Waals surface area contributed by atoms with Crippen molar-refractivity contribution in [1.82, 2.24) is 9.78 Å². The zero-order valence-corrected chi connectivity index (χ0v) is 12.0. The molecule has 1 aromatic heterocycles. The van der Waals surface area contributed by atoms with Crippen LogP contribution in [0.3, 0.4) is 0 Å². The van der Waals surface area contributed by atoms with E-state index in [1.54, 1.807) is 7.11 Å². The molecule has 0 unspecified atom stereocenters. The topological polar surface area (TPSA) is 48.3 Å². The molecular weight excluding hydrogens is 230 g/mol. The normalized spacial score (nSPS) is 10.9. The first-order valence-corrected chi connectivity index (χ1v) is 6.53. The lowest BCUT2D eigenvalue weighted by Gasteiger charge is -2.09. The van der Waals surface area contributed by atoms with Crippen LogP contribution in [0.2, 0.25) is 0 Å². The lowest BCUT2D eigenvalue weighted by molar-refractivity contribution is 0.0928. The molecule has 104 valence electrons. The van der Waals surface area contributed by atoms with Crippen LogP contribution in [0.5, 0.6) is 0 Å². The zero-order valence-electron chi connectivity index (χ0n) is 12.0.